The maximum absolute atomic E-state index is 15.3. The second-order valence-electron chi connectivity index (χ2n) is 30.8. The lowest BCUT2D eigenvalue weighted by Crippen LogP contribution is -2.63. The molecule has 117 heavy (non-hydrogen) atoms. The smallest absolute Gasteiger partial charge is 0.329 e. The fourth-order valence-corrected chi connectivity index (χ4v) is 13.5. The van der Waals surface area contributed by atoms with Crippen LogP contribution in [0, 0.1) is 35.5 Å². The molecule has 0 spiro atoms. The number of carbonyl (C=O) groups excluding carboxylic acids is 15. The number of fused-ring (bicyclic) bond motifs is 1. The number of guanidine groups is 2. The van der Waals surface area contributed by atoms with Crippen molar-refractivity contribution in [1.29, 1.82) is 0 Å². The molecule has 2 aliphatic rings. The van der Waals surface area contributed by atoms with E-state index in [0.717, 1.165) is 18.9 Å². The van der Waals surface area contributed by atoms with Gasteiger partial charge >= 0.3 is 5.97 Å². The van der Waals surface area contributed by atoms with Gasteiger partial charge in [0.15, 0.2) is 18.0 Å². The molecule has 43 heteroatoms. The topological polar surface area (TPSA) is 732 Å². The third kappa shape index (κ3) is 33.1. The molecular formula is C74H125N21O22. The Morgan fingerprint density at radius 3 is 1.70 bits per heavy atom. The highest BCUT2D eigenvalue weighted by Crippen LogP contribution is 2.27. The number of nitrogens with zero attached hydrogens (tertiary/aromatic N) is 3. The Labute approximate surface area is 679 Å². The van der Waals surface area contributed by atoms with Crippen molar-refractivity contribution in [1.82, 2.24) is 58.1 Å². The number of ether oxygens (including phenoxy) is 2. The Balaban J connectivity index is 2.38. The molecule has 0 aliphatic carbocycles. The number of hydrogen-bond donors (Lipinski definition) is 23. The van der Waals surface area contributed by atoms with Gasteiger partial charge in [-0.2, -0.15) is 0 Å². The first-order chi connectivity index (χ1) is 54.7. The summed E-state index contributed by atoms with van der Waals surface area (Å²) in [6.45, 7) is 14.0. The summed E-state index contributed by atoms with van der Waals surface area (Å²) in [6, 6.07) is -14.5. The van der Waals surface area contributed by atoms with Crippen LogP contribution in [0.4, 0.5) is 0 Å². The SMILES string of the molecule is COC(c1ccc(O)cc1)C1NC(=O)[C@H](CCC(N)=O)NC(=O)[C@H](CC(C)C)NC(=O)[C@@H](CCCN=C(N)N)NC(=O)C([C@@H](C)O)NC(=O)C(NCC(NC(=O)C(O)C(O)[C@H](CCCN=C(N)N)NC(=O)[C@H](CC(N)=O)NC(=O)C(C)C(O)C(C)CC(C)C)[C@@H](C)[C@@H](C)C(N)=O)[C@@H](C)OC(=O)[C@@H]2CCCCN2C(=O)[C@@H](CC(N)=O)NC1=O. The second-order valence-corrected chi connectivity index (χ2v) is 30.8. The summed E-state index contributed by atoms with van der Waals surface area (Å²) in [5.74, 6) is -22.1. The van der Waals surface area contributed by atoms with Crippen molar-refractivity contribution < 1.29 is 107 Å². The molecule has 0 bridgehead atoms. The molecule has 3 rings (SSSR count). The van der Waals surface area contributed by atoms with Gasteiger partial charge in [0.05, 0.1) is 37.0 Å². The van der Waals surface area contributed by atoms with E-state index < -0.39 is 254 Å². The third-order valence-corrected chi connectivity index (χ3v) is 20.2. The van der Waals surface area contributed by atoms with Crippen LogP contribution < -0.4 is 99.0 Å². The minimum Gasteiger partial charge on any atom is -0.508 e. The number of methoxy groups -OCH3 is 1. The van der Waals surface area contributed by atoms with Crippen molar-refractivity contribution in [2.24, 2.45) is 91.4 Å². The number of rotatable bonds is 39. The number of esters is 1. The monoisotopic (exact) mass is 1660 g/mol. The molecule has 0 radical (unpaired) electrons. The van der Waals surface area contributed by atoms with Crippen LogP contribution in [0.1, 0.15) is 164 Å². The normalized spacial score (nSPS) is 23.5. The van der Waals surface area contributed by atoms with E-state index in [2.05, 4.69) is 63.2 Å². The molecule has 2 saturated heterocycles. The molecule has 10 unspecified atom stereocenters. The molecule has 2 heterocycles. The van der Waals surface area contributed by atoms with Gasteiger partial charge in [-0.1, -0.05) is 67.5 Å². The fourth-order valence-electron chi connectivity index (χ4n) is 13.5. The van der Waals surface area contributed by atoms with E-state index in [-0.39, 0.29) is 100 Å². The number of aromatic hydroxyl groups is 1. The number of nitrogens with two attached hydrogens (primary N) is 8. The van der Waals surface area contributed by atoms with Crippen molar-refractivity contribution in [3.63, 3.8) is 0 Å². The summed E-state index contributed by atoms with van der Waals surface area (Å²) in [4.78, 5) is 222. The Hall–Kier alpha value is -10.6. The average molecular weight is 1660 g/mol. The van der Waals surface area contributed by atoms with E-state index in [9.17, 15) is 78.3 Å². The Morgan fingerprint density at radius 2 is 1.15 bits per heavy atom. The number of benzene rings is 1. The maximum Gasteiger partial charge on any atom is 0.329 e. The molecule has 1 aromatic rings. The van der Waals surface area contributed by atoms with Crippen LogP contribution in [0.3, 0.4) is 0 Å². The zero-order valence-electron chi connectivity index (χ0n) is 68.2. The van der Waals surface area contributed by atoms with Gasteiger partial charge in [0.1, 0.15) is 78.4 Å². The summed E-state index contributed by atoms with van der Waals surface area (Å²) in [5, 5.41) is 81.9. The fraction of sp³-hybridized carbons (Fsp3) is 0.689. The molecule has 2 aliphatic heterocycles. The molecule has 21 atom stereocenters. The van der Waals surface area contributed by atoms with Gasteiger partial charge in [0.2, 0.25) is 76.8 Å². The summed E-state index contributed by atoms with van der Waals surface area (Å²) >= 11 is 0. The van der Waals surface area contributed by atoms with Crippen molar-refractivity contribution >= 4 is 101 Å². The predicted octanol–water partition coefficient (Wildman–Crippen LogP) is -7.56. The van der Waals surface area contributed by atoms with Crippen molar-refractivity contribution in [2.45, 2.75) is 256 Å². The zero-order valence-corrected chi connectivity index (χ0v) is 68.2. The number of aliphatic hydroxyl groups excluding tert-OH is 4. The summed E-state index contributed by atoms with van der Waals surface area (Å²) in [7, 11) is 1.13. The number of hydrogen-bond acceptors (Lipinski definition) is 25. The van der Waals surface area contributed by atoms with Gasteiger partial charge in [-0.25, -0.2) is 4.79 Å². The maximum atomic E-state index is 15.3. The predicted molar refractivity (Wildman–Crippen MR) is 422 cm³/mol. The number of cyclic esters (lactones) is 1. The van der Waals surface area contributed by atoms with Gasteiger partial charge in [0, 0.05) is 51.7 Å². The van der Waals surface area contributed by atoms with Crippen LogP contribution in [0.25, 0.3) is 0 Å². The minimum absolute atomic E-state index is 0.0644. The van der Waals surface area contributed by atoms with E-state index in [0.29, 0.717) is 6.42 Å². The summed E-state index contributed by atoms with van der Waals surface area (Å²) < 4.78 is 11.8. The number of nitrogens with one attached hydrogen (secondary N) is 10. The first-order valence-electron chi connectivity index (χ1n) is 39.0. The number of phenols is 1. The highest BCUT2D eigenvalue weighted by atomic mass is 16.5. The van der Waals surface area contributed by atoms with Crippen molar-refractivity contribution in [3.05, 3.63) is 29.8 Å². The second kappa shape index (κ2) is 48.8. The zero-order chi connectivity index (χ0) is 88.6. The first-order valence-corrected chi connectivity index (χ1v) is 39.0. The number of amides is 14. The molecule has 31 N–H and O–H groups in total. The van der Waals surface area contributed by atoms with Crippen molar-refractivity contribution in [3.8, 4) is 5.75 Å². The lowest BCUT2D eigenvalue weighted by atomic mass is 9.87. The van der Waals surface area contributed by atoms with Crippen LogP contribution >= 0.6 is 0 Å². The van der Waals surface area contributed by atoms with Crippen LogP contribution in [-0.4, -0.2) is 261 Å². The Morgan fingerprint density at radius 1 is 0.598 bits per heavy atom. The van der Waals surface area contributed by atoms with E-state index in [1.165, 1.54) is 52.0 Å². The van der Waals surface area contributed by atoms with Crippen LogP contribution in [0.15, 0.2) is 34.3 Å². The quantitative estimate of drug-likeness (QED) is 0.0126. The van der Waals surface area contributed by atoms with Gasteiger partial charge in [-0.3, -0.25) is 77.1 Å². The summed E-state index contributed by atoms with van der Waals surface area (Å²) in [5.41, 5.74) is 45.0. The minimum atomic E-state index is -2.54. The highest BCUT2D eigenvalue weighted by molar-refractivity contribution is 6.00. The van der Waals surface area contributed by atoms with Crippen LogP contribution in [0.2, 0.25) is 0 Å². The van der Waals surface area contributed by atoms with E-state index in [1.54, 1.807) is 20.8 Å². The van der Waals surface area contributed by atoms with Gasteiger partial charge in [0.25, 0.3) is 5.91 Å². The lowest BCUT2D eigenvalue weighted by Gasteiger charge is -2.38. The Bertz CT molecular complexity index is 3620. The van der Waals surface area contributed by atoms with Crippen molar-refractivity contribution in [2.75, 3.05) is 33.3 Å². The average Bonchev–Trinajstić information content (AvgIpc) is 0.992. The van der Waals surface area contributed by atoms with Crippen LogP contribution in [-0.2, 0) is 81.4 Å². The molecule has 0 saturated carbocycles. The van der Waals surface area contributed by atoms with E-state index in [4.69, 9.17) is 55.3 Å². The number of primary amides is 4. The molecule has 2 fully saturated rings. The summed E-state index contributed by atoms with van der Waals surface area (Å²) in [6.07, 6.45) is -14.3. The molecule has 0 aromatic heterocycles. The molecule has 43 nitrogen and oxygen atoms in total. The van der Waals surface area contributed by atoms with E-state index >= 15 is 19.2 Å². The lowest BCUT2D eigenvalue weighted by molar-refractivity contribution is -0.163. The Kier molecular flexibility index (Phi) is 41.9. The number of carbonyl (C=O) groups is 15. The molecule has 658 valence electrons. The number of aliphatic hydroxyl groups is 4. The van der Waals surface area contributed by atoms with Gasteiger partial charge in [-0.05, 0) is 119 Å². The molecule has 14 amide bonds. The van der Waals surface area contributed by atoms with Gasteiger partial charge < -0.3 is 139 Å². The number of piperidine rings is 1. The van der Waals surface area contributed by atoms with E-state index in [1.807, 2.05) is 13.8 Å². The van der Waals surface area contributed by atoms with Crippen LogP contribution in [0.5, 0.6) is 5.75 Å². The third-order valence-electron chi connectivity index (χ3n) is 20.2. The first kappa shape index (κ1) is 101. The molecule has 1 aromatic carbocycles. The highest BCUT2D eigenvalue weighted by Gasteiger charge is 2.45. The number of aliphatic imine (C=N–C) groups is 2. The largest absolute Gasteiger partial charge is 0.508 e. The van der Waals surface area contributed by atoms with Gasteiger partial charge in [-0.15, -0.1) is 0 Å². The number of phenolic OH excluding ortho intramolecular Hbond substituents is 1. The molecular weight excluding hydrogens is 1530 g/mol. The standard InChI is InChI=1S/C74H125N21O22/c1-33(2)28-35(5)57(101)38(8)62(105)89-47(30-52(76)99)66(109)86-43(16-14-25-83-73(79)80)58(102)59(103)70(113)92-49(36(6)37(7)61(78)104)32-85-55-40(10)117-72(115)50-18-12-13-27-95(50)71(114)48(31-53(77)100)91-69(112)56(60(116-11)41-19-21-42(97)22-20-41)94-64(107)45(23-24-51(75)98)87-65(108)46(29-34(3)4)90-63(106)44(17-15-26-84-74(81)82)88-67(110)54(39(9)96)93-68(55)111/h19-22,33-40,43-50,54-60,85,96-97,101-103H,12-18,23-32H2,1-11H3,(H2,75,98)(H2,76,99)(H2,77,100)(H2,78,104)(H,86,109)(H,87,108)(H,88,110)(H,89,105)(H,90,106)(H,91,112)(H,92,113)(H,93,111)(H,94,107)(H4,79,80,83)(H4,81,82,84)/t35?,36-,37+,38?,39+,40+,43-,44+,45-,46-,47-,48+,49?,50-,54?,55?,56?,57?,58?,59?,60?/m0/s1.